The van der Waals surface area contributed by atoms with Gasteiger partial charge in [0.25, 0.3) is 0 Å². The molecule has 0 saturated carbocycles. The lowest BCUT2D eigenvalue weighted by Gasteiger charge is -2.12. The molecular formula is C14H16N4O. The molecule has 1 aromatic carbocycles. The number of imidazole rings is 1. The number of H-pyrrole nitrogens is 1. The van der Waals surface area contributed by atoms with Gasteiger partial charge in [0.1, 0.15) is 11.7 Å². The molecule has 1 aromatic heterocycles. The number of fused-ring (bicyclic) bond motifs is 1. The monoisotopic (exact) mass is 256 g/mol. The van der Waals surface area contributed by atoms with Gasteiger partial charge in [-0.25, -0.2) is 4.98 Å². The summed E-state index contributed by atoms with van der Waals surface area (Å²) < 4.78 is 0. The van der Waals surface area contributed by atoms with E-state index in [9.17, 15) is 4.79 Å². The summed E-state index contributed by atoms with van der Waals surface area (Å²) in [6.45, 7) is 5.59. The maximum Gasteiger partial charge on any atom is 0.241 e. The molecule has 0 radical (unpaired) electrons. The van der Waals surface area contributed by atoms with Crippen molar-refractivity contribution in [1.82, 2.24) is 9.97 Å². The van der Waals surface area contributed by atoms with Crippen molar-refractivity contribution in [3.63, 3.8) is 0 Å². The first kappa shape index (κ1) is 13.1. The van der Waals surface area contributed by atoms with Crippen molar-refractivity contribution < 1.29 is 4.79 Å². The molecule has 0 saturated heterocycles. The zero-order chi connectivity index (χ0) is 14.0. The Bertz CT molecular complexity index is 651. The van der Waals surface area contributed by atoms with Crippen molar-refractivity contribution in [1.29, 1.82) is 5.26 Å². The molecule has 2 N–H and O–H groups in total. The third kappa shape index (κ3) is 2.74. The number of nitrogens with zero attached hydrogens (tertiary/aromatic N) is 2. The van der Waals surface area contributed by atoms with E-state index in [4.69, 9.17) is 5.26 Å². The predicted octanol–water partition coefficient (Wildman–Crippen LogP) is 2.61. The summed E-state index contributed by atoms with van der Waals surface area (Å²) in [5.74, 6) is -0.0917. The number of hydrogen-bond donors (Lipinski definition) is 2. The number of carbonyl (C=O) groups excluding carboxylic acids is 1. The fourth-order valence-corrected chi connectivity index (χ4v) is 1.95. The van der Waals surface area contributed by atoms with Crippen LogP contribution in [0.2, 0.25) is 0 Å². The molecule has 0 aliphatic rings. The molecule has 2 rings (SSSR count). The van der Waals surface area contributed by atoms with Crippen LogP contribution in [0.4, 0.5) is 5.69 Å². The SMILES string of the molecule is Cc1nc2ccc(NC(=O)C(C#N)C(C)C)cc2[nH]1. The first-order chi connectivity index (χ1) is 9.01. The van der Waals surface area contributed by atoms with Crippen molar-refractivity contribution in [2.45, 2.75) is 20.8 Å². The zero-order valence-corrected chi connectivity index (χ0v) is 11.2. The second-order valence-corrected chi connectivity index (χ2v) is 4.89. The van der Waals surface area contributed by atoms with E-state index in [-0.39, 0.29) is 11.8 Å². The number of nitrogens with one attached hydrogen (secondary N) is 2. The van der Waals surface area contributed by atoms with Crippen LogP contribution in [-0.4, -0.2) is 15.9 Å². The van der Waals surface area contributed by atoms with Gasteiger partial charge in [-0.1, -0.05) is 13.8 Å². The minimum atomic E-state index is -0.640. The van der Waals surface area contributed by atoms with E-state index in [0.717, 1.165) is 16.9 Å². The van der Waals surface area contributed by atoms with Crippen LogP contribution in [0.25, 0.3) is 11.0 Å². The minimum absolute atomic E-state index is 0.0110. The van der Waals surface area contributed by atoms with Gasteiger partial charge in [0.05, 0.1) is 17.1 Å². The summed E-state index contributed by atoms with van der Waals surface area (Å²) in [6.07, 6.45) is 0. The summed E-state index contributed by atoms with van der Waals surface area (Å²) >= 11 is 0. The number of amides is 1. The highest BCUT2D eigenvalue weighted by molar-refractivity contribution is 5.95. The van der Waals surface area contributed by atoms with Gasteiger partial charge < -0.3 is 10.3 Å². The van der Waals surface area contributed by atoms with E-state index >= 15 is 0 Å². The lowest BCUT2D eigenvalue weighted by Crippen LogP contribution is -2.25. The first-order valence-corrected chi connectivity index (χ1v) is 6.18. The number of carbonyl (C=O) groups is 1. The molecule has 5 nitrogen and oxygen atoms in total. The van der Waals surface area contributed by atoms with E-state index < -0.39 is 5.92 Å². The molecule has 0 bridgehead atoms. The number of aromatic amines is 1. The lowest BCUT2D eigenvalue weighted by atomic mass is 9.96. The van der Waals surface area contributed by atoms with Crippen molar-refractivity contribution >= 4 is 22.6 Å². The van der Waals surface area contributed by atoms with Crippen LogP contribution in [-0.2, 0) is 4.79 Å². The second-order valence-electron chi connectivity index (χ2n) is 4.89. The Kier molecular flexibility index (Phi) is 3.52. The smallest absolute Gasteiger partial charge is 0.241 e. The highest BCUT2D eigenvalue weighted by atomic mass is 16.1. The van der Waals surface area contributed by atoms with E-state index in [2.05, 4.69) is 15.3 Å². The molecule has 0 fully saturated rings. The Morgan fingerprint density at radius 3 is 2.84 bits per heavy atom. The van der Waals surface area contributed by atoms with Gasteiger partial charge >= 0.3 is 0 Å². The minimum Gasteiger partial charge on any atom is -0.342 e. The fraction of sp³-hybridized carbons (Fsp3) is 0.357. The van der Waals surface area contributed by atoms with Gasteiger partial charge in [-0.2, -0.15) is 5.26 Å². The molecule has 1 unspecified atom stereocenters. The Morgan fingerprint density at radius 1 is 1.47 bits per heavy atom. The lowest BCUT2D eigenvalue weighted by molar-refractivity contribution is -0.119. The molecule has 19 heavy (non-hydrogen) atoms. The van der Waals surface area contributed by atoms with Crippen LogP contribution in [0.5, 0.6) is 0 Å². The van der Waals surface area contributed by atoms with Crippen molar-refractivity contribution in [3.8, 4) is 6.07 Å². The molecular weight excluding hydrogens is 240 g/mol. The average Bonchev–Trinajstić information content (AvgIpc) is 2.68. The Balaban J connectivity index is 2.21. The van der Waals surface area contributed by atoms with Crippen LogP contribution < -0.4 is 5.32 Å². The van der Waals surface area contributed by atoms with Gasteiger partial charge in [-0.15, -0.1) is 0 Å². The number of benzene rings is 1. The summed E-state index contributed by atoms with van der Waals surface area (Å²) in [6, 6.07) is 7.48. The molecule has 1 heterocycles. The highest BCUT2D eigenvalue weighted by Crippen LogP contribution is 2.19. The number of aryl methyl sites for hydroxylation is 1. The van der Waals surface area contributed by atoms with E-state index in [1.165, 1.54) is 0 Å². The Hall–Kier alpha value is -2.35. The summed E-state index contributed by atoms with van der Waals surface area (Å²) in [5, 5.41) is 11.8. The van der Waals surface area contributed by atoms with Gasteiger partial charge in [0, 0.05) is 5.69 Å². The largest absolute Gasteiger partial charge is 0.342 e. The topological polar surface area (TPSA) is 81.6 Å². The fourth-order valence-electron chi connectivity index (χ4n) is 1.95. The number of aromatic nitrogens is 2. The first-order valence-electron chi connectivity index (χ1n) is 6.18. The van der Waals surface area contributed by atoms with Crippen LogP contribution in [0, 0.1) is 30.1 Å². The molecule has 1 amide bonds. The number of rotatable bonds is 3. The molecule has 5 heteroatoms. The van der Waals surface area contributed by atoms with Gasteiger partial charge in [-0.05, 0) is 31.0 Å². The summed E-state index contributed by atoms with van der Waals surface area (Å²) in [7, 11) is 0. The number of hydrogen-bond acceptors (Lipinski definition) is 3. The van der Waals surface area contributed by atoms with Crippen molar-refractivity contribution in [3.05, 3.63) is 24.0 Å². The summed E-state index contributed by atoms with van der Waals surface area (Å²) in [5.41, 5.74) is 2.39. The molecule has 1 atom stereocenters. The molecule has 0 aliphatic carbocycles. The highest BCUT2D eigenvalue weighted by Gasteiger charge is 2.21. The van der Waals surface area contributed by atoms with E-state index in [1.54, 1.807) is 6.07 Å². The molecule has 2 aromatic rings. The normalized spacial score (nSPS) is 12.4. The van der Waals surface area contributed by atoms with Crippen LogP contribution in [0.15, 0.2) is 18.2 Å². The van der Waals surface area contributed by atoms with Crippen LogP contribution >= 0.6 is 0 Å². The van der Waals surface area contributed by atoms with Gasteiger partial charge in [0.15, 0.2) is 0 Å². The van der Waals surface area contributed by atoms with Crippen molar-refractivity contribution in [2.24, 2.45) is 11.8 Å². The predicted molar refractivity (Wildman–Crippen MR) is 73.4 cm³/mol. The van der Waals surface area contributed by atoms with Crippen LogP contribution in [0.3, 0.4) is 0 Å². The standard InChI is InChI=1S/C14H16N4O/c1-8(2)11(7-15)14(19)18-10-4-5-12-13(6-10)17-9(3)16-12/h4-6,8,11H,1-3H3,(H,16,17)(H,18,19). The van der Waals surface area contributed by atoms with Gasteiger partial charge in [-0.3, -0.25) is 4.79 Å². The molecule has 0 aliphatic heterocycles. The molecule has 98 valence electrons. The summed E-state index contributed by atoms with van der Waals surface area (Å²) in [4.78, 5) is 19.4. The quantitative estimate of drug-likeness (QED) is 0.885. The van der Waals surface area contributed by atoms with Crippen LogP contribution in [0.1, 0.15) is 19.7 Å². The maximum atomic E-state index is 12.0. The van der Waals surface area contributed by atoms with E-state index in [0.29, 0.717) is 5.69 Å². The number of nitriles is 1. The molecule has 0 spiro atoms. The Labute approximate surface area is 111 Å². The average molecular weight is 256 g/mol. The van der Waals surface area contributed by atoms with E-state index in [1.807, 2.05) is 39.0 Å². The number of anilines is 1. The third-order valence-corrected chi connectivity index (χ3v) is 2.96. The second kappa shape index (κ2) is 5.11. The van der Waals surface area contributed by atoms with Crippen molar-refractivity contribution in [2.75, 3.05) is 5.32 Å². The zero-order valence-electron chi connectivity index (χ0n) is 11.2. The van der Waals surface area contributed by atoms with Gasteiger partial charge in [0.2, 0.25) is 5.91 Å². The Morgan fingerprint density at radius 2 is 2.21 bits per heavy atom. The maximum absolute atomic E-state index is 12.0. The third-order valence-electron chi connectivity index (χ3n) is 2.96.